The predicted octanol–water partition coefficient (Wildman–Crippen LogP) is 19.5. The van der Waals surface area contributed by atoms with E-state index in [9.17, 15) is 0 Å². The second kappa shape index (κ2) is 19.0. The van der Waals surface area contributed by atoms with Gasteiger partial charge in [-0.05, 0) is 149 Å². The van der Waals surface area contributed by atoms with Crippen LogP contribution in [0.2, 0.25) is 0 Å². The van der Waals surface area contributed by atoms with Crippen LogP contribution in [0.4, 0.5) is 51.2 Å². The van der Waals surface area contributed by atoms with E-state index in [0.717, 1.165) is 51.2 Å². The second-order valence-electron chi connectivity index (χ2n) is 17.4. The number of benzene rings is 11. The topological polar surface area (TPSA) is 9.72 Å². The van der Waals surface area contributed by atoms with Gasteiger partial charge >= 0.3 is 0 Å². The van der Waals surface area contributed by atoms with Gasteiger partial charge in [0.15, 0.2) is 0 Å². The molecule has 0 fully saturated rings. The highest BCUT2D eigenvalue weighted by molar-refractivity contribution is 7.25. The number of nitrogens with zero attached hydrogens (tertiary/aromatic N) is 3. The summed E-state index contributed by atoms with van der Waals surface area (Å²) in [6.07, 6.45) is 0. The van der Waals surface area contributed by atoms with Crippen molar-refractivity contribution in [2.75, 3.05) is 14.7 Å². The molecule has 1 aromatic heterocycles. The van der Waals surface area contributed by atoms with Crippen LogP contribution in [0.5, 0.6) is 0 Å². The molecule has 12 rings (SSSR count). The van der Waals surface area contributed by atoms with E-state index in [1.807, 2.05) is 11.3 Å². The first kappa shape index (κ1) is 42.4. The molecule has 0 N–H and O–H groups in total. The molecule has 0 spiro atoms. The minimum absolute atomic E-state index is 1.07. The fourth-order valence-corrected chi connectivity index (χ4v) is 10.7. The van der Waals surface area contributed by atoms with Crippen molar-refractivity contribution in [2.45, 2.75) is 0 Å². The summed E-state index contributed by atoms with van der Waals surface area (Å²) < 4.78 is 2.54. The van der Waals surface area contributed by atoms with Crippen molar-refractivity contribution in [2.24, 2.45) is 0 Å². The van der Waals surface area contributed by atoms with Crippen molar-refractivity contribution in [1.29, 1.82) is 0 Å². The van der Waals surface area contributed by atoms with Crippen LogP contribution >= 0.6 is 11.3 Å². The van der Waals surface area contributed by atoms with E-state index >= 15 is 0 Å². The highest BCUT2D eigenvalue weighted by atomic mass is 32.1. The van der Waals surface area contributed by atoms with Gasteiger partial charge in [0.25, 0.3) is 0 Å². The molecule has 12 aromatic rings. The fourth-order valence-electron chi connectivity index (χ4n) is 9.60. The summed E-state index contributed by atoms with van der Waals surface area (Å²) in [5.74, 6) is 0. The standard InChI is InChI=1S/C66H47N3S/c1-6-17-48(18-7-1)50-29-36-57(37-30-50)67(54-21-10-3-11-22-54)60-27-16-28-61(46-60)68(55-23-12-4-13-24-55)58-40-33-52(34-41-58)53-35-43-63-64-47-62(42-44-65(64)70-66(63)45-53)69(56-25-14-5-15-26-56)59-38-31-51(32-39-59)49-19-8-2-9-20-49/h1-47H. The number of para-hydroxylation sites is 3. The van der Waals surface area contributed by atoms with Crippen LogP contribution in [-0.2, 0) is 0 Å². The number of thiophene rings is 1. The van der Waals surface area contributed by atoms with E-state index in [-0.39, 0.29) is 0 Å². The molecule has 0 aliphatic carbocycles. The van der Waals surface area contributed by atoms with E-state index in [2.05, 4.69) is 300 Å². The fraction of sp³-hybridized carbons (Fsp3) is 0. The summed E-state index contributed by atoms with van der Waals surface area (Å²) in [5, 5.41) is 2.53. The molecule has 1 heterocycles. The summed E-state index contributed by atoms with van der Waals surface area (Å²) in [6, 6.07) is 102. The Bertz CT molecular complexity index is 3670. The lowest BCUT2D eigenvalue weighted by Gasteiger charge is -2.29. The maximum Gasteiger partial charge on any atom is 0.0482 e. The van der Waals surface area contributed by atoms with Gasteiger partial charge in [-0.2, -0.15) is 0 Å². The summed E-state index contributed by atoms with van der Waals surface area (Å²) in [4.78, 5) is 7.03. The van der Waals surface area contributed by atoms with Gasteiger partial charge in [0.1, 0.15) is 0 Å². The SMILES string of the molecule is c1ccc(-c2ccc(N(c3ccccc3)c3cccc(N(c4ccccc4)c4ccc(-c5ccc6c(c5)sc5ccc(N(c7ccccc7)c7ccc(-c8ccccc8)cc7)cc56)cc4)c3)cc2)cc1. The smallest absolute Gasteiger partial charge is 0.0482 e. The van der Waals surface area contributed by atoms with Gasteiger partial charge in [-0.25, -0.2) is 0 Å². The largest absolute Gasteiger partial charge is 0.310 e. The highest BCUT2D eigenvalue weighted by Gasteiger charge is 2.19. The number of fused-ring (bicyclic) bond motifs is 3. The molecule has 11 aromatic carbocycles. The average Bonchev–Trinajstić information content (AvgIpc) is 3.81. The molecule has 4 heteroatoms. The van der Waals surface area contributed by atoms with Crippen molar-refractivity contribution in [1.82, 2.24) is 0 Å². The summed E-state index contributed by atoms with van der Waals surface area (Å²) in [6.45, 7) is 0. The van der Waals surface area contributed by atoms with E-state index < -0.39 is 0 Å². The monoisotopic (exact) mass is 913 g/mol. The van der Waals surface area contributed by atoms with Crippen molar-refractivity contribution in [3.05, 3.63) is 285 Å². The third kappa shape index (κ3) is 8.49. The van der Waals surface area contributed by atoms with Crippen molar-refractivity contribution in [3.63, 3.8) is 0 Å². The molecular weight excluding hydrogens is 867 g/mol. The molecule has 0 bridgehead atoms. The average molecular weight is 914 g/mol. The maximum atomic E-state index is 2.36. The zero-order valence-corrected chi connectivity index (χ0v) is 39.2. The molecule has 70 heavy (non-hydrogen) atoms. The van der Waals surface area contributed by atoms with Crippen LogP contribution in [-0.4, -0.2) is 0 Å². The first-order valence-electron chi connectivity index (χ1n) is 23.7. The van der Waals surface area contributed by atoms with Crippen molar-refractivity contribution in [3.8, 4) is 33.4 Å². The minimum atomic E-state index is 1.07. The number of rotatable bonds is 12. The molecule has 0 aliphatic heterocycles. The van der Waals surface area contributed by atoms with Gasteiger partial charge in [0.05, 0.1) is 0 Å². The lowest BCUT2D eigenvalue weighted by Crippen LogP contribution is -2.13. The summed E-state index contributed by atoms with van der Waals surface area (Å²) >= 11 is 1.85. The minimum Gasteiger partial charge on any atom is -0.310 e. The van der Waals surface area contributed by atoms with Crippen LogP contribution in [0, 0.1) is 0 Å². The van der Waals surface area contributed by atoms with Crippen LogP contribution < -0.4 is 14.7 Å². The Balaban J connectivity index is 0.861. The second-order valence-corrected chi connectivity index (χ2v) is 18.5. The molecule has 0 aliphatic rings. The zero-order valence-electron chi connectivity index (χ0n) is 38.4. The molecule has 0 atom stereocenters. The Hall–Kier alpha value is -8.96. The Morgan fingerprint density at radius 3 is 0.929 bits per heavy atom. The van der Waals surface area contributed by atoms with Crippen LogP contribution in [0.1, 0.15) is 0 Å². The lowest BCUT2D eigenvalue weighted by atomic mass is 10.0. The van der Waals surface area contributed by atoms with Gasteiger partial charge < -0.3 is 14.7 Å². The Morgan fingerprint density at radius 2 is 0.500 bits per heavy atom. The molecule has 0 amide bonds. The molecule has 0 unspecified atom stereocenters. The first-order chi connectivity index (χ1) is 34.7. The van der Waals surface area contributed by atoms with Gasteiger partial charge in [-0.1, -0.05) is 170 Å². The lowest BCUT2D eigenvalue weighted by molar-refractivity contribution is 1.25. The van der Waals surface area contributed by atoms with E-state index in [4.69, 9.17) is 0 Å². The van der Waals surface area contributed by atoms with Crippen LogP contribution in [0.3, 0.4) is 0 Å². The summed E-state index contributed by atoms with van der Waals surface area (Å²) in [5.41, 5.74) is 17.0. The van der Waals surface area contributed by atoms with E-state index in [0.29, 0.717) is 0 Å². The van der Waals surface area contributed by atoms with E-state index in [1.165, 1.54) is 53.6 Å². The number of hydrogen-bond donors (Lipinski definition) is 0. The molecule has 0 radical (unpaired) electrons. The van der Waals surface area contributed by atoms with E-state index in [1.54, 1.807) is 0 Å². The number of hydrogen-bond acceptors (Lipinski definition) is 4. The predicted molar refractivity (Wildman–Crippen MR) is 300 cm³/mol. The molecule has 3 nitrogen and oxygen atoms in total. The molecule has 332 valence electrons. The first-order valence-corrected chi connectivity index (χ1v) is 24.6. The molecule has 0 saturated heterocycles. The van der Waals surface area contributed by atoms with Gasteiger partial charge in [-0.15, -0.1) is 11.3 Å². The zero-order chi connectivity index (χ0) is 46.6. The van der Waals surface area contributed by atoms with Gasteiger partial charge in [0.2, 0.25) is 0 Å². The molecule has 0 saturated carbocycles. The van der Waals surface area contributed by atoms with Crippen LogP contribution in [0.15, 0.2) is 285 Å². The Labute approximate surface area is 413 Å². The normalized spacial score (nSPS) is 11.1. The van der Waals surface area contributed by atoms with Crippen molar-refractivity contribution < 1.29 is 0 Å². The van der Waals surface area contributed by atoms with Gasteiger partial charge in [0, 0.05) is 71.4 Å². The molecular formula is C66H47N3S. The van der Waals surface area contributed by atoms with Crippen LogP contribution in [0.25, 0.3) is 53.6 Å². The third-order valence-electron chi connectivity index (χ3n) is 13.0. The Morgan fingerprint density at radius 1 is 0.186 bits per heavy atom. The summed E-state index contributed by atoms with van der Waals surface area (Å²) in [7, 11) is 0. The van der Waals surface area contributed by atoms with Crippen molar-refractivity contribution >= 4 is 82.7 Å². The van der Waals surface area contributed by atoms with Gasteiger partial charge in [-0.3, -0.25) is 0 Å². The maximum absolute atomic E-state index is 2.36. The number of anilines is 9. The third-order valence-corrected chi connectivity index (χ3v) is 14.2. The quantitative estimate of drug-likeness (QED) is 0.121. The Kier molecular flexibility index (Phi) is 11.5. The highest BCUT2D eigenvalue weighted by Crippen LogP contribution is 2.44.